The highest BCUT2D eigenvalue weighted by Gasteiger charge is 2.17. The SMILES string of the molecule is CN(C)c1nc(Cl)ncc1[N+](=O)[O-]. The molecule has 0 aliphatic carbocycles. The zero-order chi connectivity index (χ0) is 10.0. The minimum Gasteiger partial charge on any atom is -0.357 e. The molecule has 7 heteroatoms. The lowest BCUT2D eigenvalue weighted by molar-refractivity contribution is -0.384. The Balaban J connectivity index is 3.26. The van der Waals surface area contributed by atoms with Gasteiger partial charge in [-0.05, 0) is 11.6 Å². The fraction of sp³-hybridized carbons (Fsp3) is 0.333. The van der Waals surface area contributed by atoms with Gasteiger partial charge < -0.3 is 4.90 Å². The van der Waals surface area contributed by atoms with Gasteiger partial charge in [-0.2, -0.15) is 4.98 Å². The van der Waals surface area contributed by atoms with Crippen molar-refractivity contribution < 1.29 is 4.92 Å². The maximum atomic E-state index is 10.5. The summed E-state index contributed by atoms with van der Waals surface area (Å²) in [5.74, 6) is 0.199. The number of hydrogen-bond acceptors (Lipinski definition) is 5. The second kappa shape index (κ2) is 3.53. The van der Waals surface area contributed by atoms with Crippen LogP contribution >= 0.6 is 11.6 Å². The molecule has 0 radical (unpaired) electrons. The predicted octanol–water partition coefficient (Wildman–Crippen LogP) is 1.10. The van der Waals surface area contributed by atoms with Crippen molar-refractivity contribution in [1.82, 2.24) is 9.97 Å². The molecule has 0 saturated carbocycles. The zero-order valence-corrected chi connectivity index (χ0v) is 7.82. The third kappa shape index (κ3) is 2.03. The lowest BCUT2D eigenvalue weighted by atomic mass is 10.4. The molecule has 1 aromatic heterocycles. The highest BCUT2D eigenvalue weighted by Crippen LogP contribution is 2.23. The number of hydrogen-bond donors (Lipinski definition) is 0. The first-order valence-electron chi connectivity index (χ1n) is 3.36. The molecule has 0 atom stereocenters. The molecular formula is C6H7ClN4O2. The van der Waals surface area contributed by atoms with E-state index in [-0.39, 0.29) is 16.8 Å². The van der Waals surface area contributed by atoms with Gasteiger partial charge in [-0.3, -0.25) is 10.1 Å². The molecule has 6 nitrogen and oxygen atoms in total. The third-order valence-corrected chi connectivity index (χ3v) is 1.52. The van der Waals surface area contributed by atoms with Gasteiger partial charge in [0.15, 0.2) is 0 Å². The summed E-state index contributed by atoms with van der Waals surface area (Å²) < 4.78 is 0. The van der Waals surface area contributed by atoms with Gasteiger partial charge in [-0.15, -0.1) is 0 Å². The Morgan fingerprint density at radius 3 is 2.69 bits per heavy atom. The average Bonchev–Trinajstić information content (AvgIpc) is 2.03. The van der Waals surface area contributed by atoms with E-state index in [9.17, 15) is 10.1 Å². The normalized spacial score (nSPS) is 9.77. The Hall–Kier alpha value is -1.43. The Labute approximate surface area is 79.3 Å². The molecule has 0 spiro atoms. The van der Waals surface area contributed by atoms with E-state index >= 15 is 0 Å². The summed E-state index contributed by atoms with van der Waals surface area (Å²) in [5.41, 5.74) is -0.158. The van der Waals surface area contributed by atoms with Crippen LogP contribution in [0.25, 0.3) is 0 Å². The summed E-state index contributed by atoms with van der Waals surface area (Å²) in [6.45, 7) is 0. The van der Waals surface area contributed by atoms with Gasteiger partial charge in [-0.25, -0.2) is 4.98 Å². The van der Waals surface area contributed by atoms with Gasteiger partial charge in [0.2, 0.25) is 11.1 Å². The summed E-state index contributed by atoms with van der Waals surface area (Å²) in [7, 11) is 3.29. The number of anilines is 1. The fourth-order valence-corrected chi connectivity index (χ4v) is 0.932. The maximum Gasteiger partial charge on any atom is 0.329 e. The number of nitrogens with zero attached hydrogens (tertiary/aromatic N) is 4. The second-order valence-corrected chi connectivity index (χ2v) is 2.84. The summed E-state index contributed by atoms with van der Waals surface area (Å²) in [5, 5.41) is 10.5. The van der Waals surface area contributed by atoms with Gasteiger partial charge >= 0.3 is 5.69 Å². The standard InChI is InChI=1S/C6H7ClN4O2/c1-10(2)5-4(11(12)13)3-8-6(7)9-5/h3H,1-2H3. The van der Waals surface area contributed by atoms with Crippen LogP contribution in [-0.4, -0.2) is 29.0 Å². The molecular weight excluding hydrogens is 196 g/mol. The van der Waals surface area contributed by atoms with Crippen LogP contribution in [0.4, 0.5) is 11.5 Å². The number of rotatable bonds is 2. The van der Waals surface area contributed by atoms with E-state index in [1.54, 1.807) is 14.1 Å². The molecule has 0 bridgehead atoms. The maximum absolute atomic E-state index is 10.5. The average molecular weight is 203 g/mol. The van der Waals surface area contributed by atoms with Crippen LogP contribution in [0.15, 0.2) is 6.20 Å². The molecule has 70 valence electrons. The fourth-order valence-electron chi connectivity index (χ4n) is 0.804. The number of aromatic nitrogens is 2. The quantitative estimate of drug-likeness (QED) is 0.408. The first kappa shape index (κ1) is 9.66. The molecule has 0 aliphatic rings. The molecule has 1 heterocycles. The van der Waals surface area contributed by atoms with Gasteiger partial charge in [-0.1, -0.05) is 0 Å². The van der Waals surface area contributed by atoms with E-state index in [2.05, 4.69) is 9.97 Å². The van der Waals surface area contributed by atoms with E-state index in [1.807, 2.05) is 0 Å². The van der Waals surface area contributed by atoms with Crippen LogP contribution < -0.4 is 4.90 Å². The van der Waals surface area contributed by atoms with Gasteiger partial charge in [0.05, 0.1) is 4.92 Å². The van der Waals surface area contributed by atoms with Crippen molar-refractivity contribution in [3.63, 3.8) is 0 Å². The second-order valence-electron chi connectivity index (χ2n) is 2.50. The van der Waals surface area contributed by atoms with E-state index in [4.69, 9.17) is 11.6 Å². The molecule has 0 aliphatic heterocycles. The minimum absolute atomic E-state index is 0.00528. The number of nitro groups is 1. The van der Waals surface area contributed by atoms with Gasteiger partial charge in [0.1, 0.15) is 6.20 Å². The predicted molar refractivity (Wildman–Crippen MR) is 48.0 cm³/mol. The lowest BCUT2D eigenvalue weighted by Crippen LogP contribution is -2.13. The molecule has 0 fully saturated rings. The number of halogens is 1. The smallest absolute Gasteiger partial charge is 0.329 e. The third-order valence-electron chi connectivity index (χ3n) is 1.34. The highest BCUT2D eigenvalue weighted by atomic mass is 35.5. The molecule has 0 aromatic carbocycles. The van der Waals surface area contributed by atoms with Gasteiger partial charge in [0, 0.05) is 14.1 Å². The molecule has 0 unspecified atom stereocenters. The highest BCUT2D eigenvalue weighted by molar-refractivity contribution is 6.28. The van der Waals surface area contributed by atoms with Gasteiger partial charge in [0.25, 0.3) is 0 Å². The molecule has 0 amide bonds. The van der Waals surface area contributed by atoms with Crippen LogP contribution in [0, 0.1) is 10.1 Å². The van der Waals surface area contributed by atoms with Crippen molar-refractivity contribution in [2.75, 3.05) is 19.0 Å². The molecule has 0 saturated heterocycles. The Morgan fingerprint density at radius 2 is 2.23 bits per heavy atom. The van der Waals surface area contributed by atoms with Crippen molar-refractivity contribution >= 4 is 23.1 Å². The van der Waals surface area contributed by atoms with E-state index in [0.29, 0.717) is 0 Å². The Bertz CT molecular complexity index is 341. The van der Waals surface area contributed by atoms with Crippen LogP contribution in [0.2, 0.25) is 5.28 Å². The molecule has 0 N–H and O–H groups in total. The van der Waals surface area contributed by atoms with Crippen LogP contribution in [-0.2, 0) is 0 Å². The lowest BCUT2D eigenvalue weighted by Gasteiger charge is -2.10. The minimum atomic E-state index is -0.550. The summed E-state index contributed by atoms with van der Waals surface area (Å²) in [6.07, 6.45) is 1.09. The largest absolute Gasteiger partial charge is 0.357 e. The van der Waals surface area contributed by atoms with E-state index in [0.717, 1.165) is 6.20 Å². The van der Waals surface area contributed by atoms with Crippen molar-refractivity contribution in [1.29, 1.82) is 0 Å². The van der Waals surface area contributed by atoms with Crippen molar-refractivity contribution in [2.24, 2.45) is 0 Å². The van der Waals surface area contributed by atoms with Crippen LogP contribution in [0.3, 0.4) is 0 Å². The van der Waals surface area contributed by atoms with E-state index < -0.39 is 4.92 Å². The monoisotopic (exact) mass is 202 g/mol. The zero-order valence-electron chi connectivity index (χ0n) is 7.06. The van der Waals surface area contributed by atoms with Crippen molar-refractivity contribution in [3.05, 3.63) is 21.6 Å². The first-order valence-corrected chi connectivity index (χ1v) is 3.74. The van der Waals surface area contributed by atoms with Crippen molar-refractivity contribution in [2.45, 2.75) is 0 Å². The molecule has 1 rings (SSSR count). The Kier molecular flexibility index (Phi) is 2.62. The van der Waals surface area contributed by atoms with E-state index in [1.165, 1.54) is 4.90 Å². The summed E-state index contributed by atoms with van der Waals surface area (Å²) in [6, 6.07) is 0. The topological polar surface area (TPSA) is 72.2 Å². The summed E-state index contributed by atoms with van der Waals surface area (Å²) in [4.78, 5) is 18.7. The molecule has 1 aromatic rings. The van der Waals surface area contributed by atoms with Crippen LogP contribution in [0.1, 0.15) is 0 Å². The van der Waals surface area contributed by atoms with Crippen LogP contribution in [0.5, 0.6) is 0 Å². The summed E-state index contributed by atoms with van der Waals surface area (Å²) >= 11 is 5.49. The molecule has 13 heavy (non-hydrogen) atoms. The Morgan fingerprint density at radius 1 is 1.62 bits per heavy atom. The first-order chi connectivity index (χ1) is 6.02. The van der Waals surface area contributed by atoms with Crippen molar-refractivity contribution in [3.8, 4) is 0 Å².